The molecule has 0 spiro atoms. The van der Waals surface area contributed by atoms with E-state index >= 15 is 0 Å². The highest BCUT2D eigenvalue weighted by Gasteiger charge is 2.53. The van der Waals surface area contributed by atoms with E-state index in [-0.39, 0.29) is 12.2 Å². The molecule has 1 N–H and O–H groups in total. The summed E-state index contributed by atoms with van der Waals surface area (Å²) in [5.74, 6) is 9.70. The van der Waals surface area contributed by atoms with Crippen LogP contribution in [0.5, 0.6) is 5.75 Å². The Balaban J connectivity index is 1.25. The molecule has 0 radical (unpaired) electrons. The molecule has 40 heavy (non-hydrogen) atoms. The van der Waals surface area contributed by atoms with Crippen LogP contribution in [0.1, 0.15) is 16.8 Å². The Hall–Kier alpha value is -4.25. The molecule has 2 aromatic carbocycles. The summed E-state index contributed by atoms with van der Waals surface area (Å²) >= 11 is 6.52. The first kappa shape index (κ1) is 26.0. The Morgan fingerprint density at radius 1 is 1.18 bits per heavy atom. The van der Waals surface area contributed by atoms with E-state index in [0.29, 0.717) is 41.0 Å². The smallest absolute Gasteiger partial charge is 0.159 e. The molecular formula is C32H28ClN5O2. The zero-order valence-electron chi connectivity index (χ0n) is 22.1. The van der Waals surface area contributed by atoms with Crippen LogP contribution in [0, 0.1) is 29.6 Å². The highest BCUT2D eigenvalue weighted by molar-refractivity contribution is 6.32. The third-order valence-electron chi connectivity index (χ3n) is 7.50. The van der Waals surface area contributed by atoms with Gasteiger partial charge in [0.05, 0.1) is 16.2 Å². The first-order valence-electron chi connectivity index (χ1n) is 13.2. The summed E-state index contributed by atoms with van der Waals surface area (Å²) in [6.07, 6.45) is 4.81. The van der Waals surface area contributed by atoms with Crippen molar-refractivity contribution in [2.75, 3.05) is 25.5 Å². The lowest BCUT2D eigenvalue weighted by Gasteiger charge is -2.13. The number of pyridine rings is 1. The second-order valence-electron chi connectivity index (χ2n) is 10.3. The lowest BCUT2D eigenvalue weighted by molar-refractivity contribution is -0.114. The molecule has 2 aliphatic rings. The molecule has 3 heterocycles. The fraction of sp³-hybridized carbons (Fsp3) is 0.250. The highest BCUT2D eigenvalue weighted by atomic mass is 35.5. The van der Waals surface area contributed by atoms with Gasteiger partial charge in [-0.2, -0.15) is 0 Å². The molecule has 0 amide bonds. The molecular weight excluding hydrogens is 522 g/mol. The molecule has 1 aliphatic heterocycles. The van der Waals surface area contributed by atoms with E-state index in [1.807, 2.05) is 42.5 Å². The first-order chi connectivity index (χ1) is 19.5. The normalized spacial score (nSPS) is 19.4. The topological polar surface area (TPSA) is 80.2 Å². The summed E-state index contributed by atoms with van der Waals surface area (Å²) in [6, 6.07) is 15.0. The number of nitrogens with zero attached hydrogens (tertiary/aromatic N) is 4. The summed E-state index contributed by atoms with van der Waals surface area (Å²) in [5, 5.41) is 4.60. The van der Waals surface area contributed by atoms with Gasteiger partial charge in [-0.05, 0) is 73.0 Å². The molecule has 8 heteroatoms. The van der Waals surface area contributed by atoms with Crippen molar-refractivity contribution in [3.63, 3.8) is 0 Å². The van der Waals surface area contributed by atoms with Crippen molar-refractivity contribution in [1.29, 1.82) is 0 Å². The molecule has 2 fully saturated rings. The minimum atomic E-state index is -0.0632. The van der Waals surface area contributed by atoms with Crippen LogP contribution in [-0.4, -0.2) is 45.8 Å². The van der Waals surface area contributed by atoms with Crippen LogP contribution in [-0.2, 0) is 17.8 Å². The third-order valence-corrected chi connectivity index (χ3v) is 7.79. The van der Waals surface area contributed by atoms with Crippen LogP contribution < -0.4 is 10.1 Å². The average Bonchev–Trinajstić information content (AvgIpc) is 3.43. The second-order valence-corrected chi connectivity index (χ2v) is 10.7. The molecule has 0 bridgehead atoms. The van der Waals surface area contributed by atoms with Gasteiger partial charge in [0.2, 0.25) is 0 Å². The second kappa shape index (κ2) is 11.1. The zero-order chi connectivity index (χ0) is 27.6. The Morgan fingerprint density at radius 2 is 2.02 bits per heavy atom. The van der Waals surface area contributed by atoms with Gasteiger partial charge < -0.3 is 15.0 Å². The standard InChI is InChI=1S/C32H28ClN5O2/c1-3-24(39)12-21-13-26-30(14-20(21)7-9-25-27-16-38(2)17-28(25)27)35-19-36-32(26)37-22-8-10-31(29(33)15-22)40-18-23-6-4-5-11-34-23/h3-6,8,10-11,13-15,19,25,27-28H,1,12,16-18H2,2H3,(H,35,36,37)/t25?,27-,28+. The van der Waals surface area contributed by atoms with Crippen LogP contribution in [0.4, 0.5) is 11.5 Å². The minimum Gasteiger partial charge on any atom is -0.486 e. The van der Waals surface area contributed by atoms with E-state index in [1.54, 1.807) is 12.3 Å². The molecule has 3 atom stereocenters. The average molecular weight is 550 g/mol. The van der Waals surface area contributed by atoms with Crippen LogP contribution >= 0.6 is 11.6 Å². The number of piperidine rings is 1. The maximum Gasteiger partial charge on any atom is 0.159 e. The van der Waals surface area contributed by atoms with Gasteiger partial charge in [-0.3, -0.25) is 9.78 Å². The van der Waals surface area contributed by atoms with Crippen LogP contribution in [0.2, 0.25) is 5.02 Å². The molecule has 1 saturated carbocycles. The number of carbonyl (C=O) groups excluding carboxylic acids is 1. The number of hydrogen-bond donors (Lipinski definition) is 1. The first-order valence-corrected chi connectivity index (χ1v) is 13.6. The summed E-state index contributed by atoms with van der Waals surface area (Å²) in [5.41, 5.74) is 3.96. The van der Waals surface area contributed by atoms with Gasteiger partial charge >= 0.3 is 0 Å². The van der Waals surface area contributed by atoms with Crippen molar-refractivity contribution in [3.05, 3.63) is 95.6 Å². The number of halogens is 1. The molecule has 2 aromatic heterocycles. The van der Waals surface area contributed by atoms with Gasteiger partial charge in [-0.1, -0.05) is 36.1 Å². The number of benzene rings is 2. The SMILES string of the molecule is C=CC(=O)Cc1cc2c(Nc3ccc(OCc4ccccn4)c(Cl)c3)ncnc2cc1C#CC1[C@H]2CN(C)C[C@@H]12. The molecule has 1 aliphatic carbocycles. The number of likely N-dealkylation sites (tertiary alicyclic amines) is 1. The number of aromatic nitrogens is 3. The number of rotatable bonds is 8. The van der Waals surface area contributed by atoms with E-state index in [9.17, 15) is 4.79 Å². The van der Waals surface area contributed by atoms with Gasteiger partial charge in [-0.25, -0.2) is 9.97 Å². The quantitative estimate of drug-likeness (QED) is 0.231. The fourth-order valence-electron chi connectivity index (χ4n) is 5.35. The van der Waals surface area contributed by atoms with Crippen molar-refractivity contribution in [2.24, 2.45) is 17.8 Å². The minimum absolute atomic E-state index is 0.0632. The van der Waals surface area contributed by atoms with E-state index < -0.39 is 0 Å². The maximum absolute atomic E-state index is 12.4. The molecule has 6 rings (SSSR count). The number of ketones is 1. The van der Waals surface area contributed by atoms with Crippen LogP contribution in [0.3, 0.4) is 0 Å². The predicted octanol–water partition coefficient (Wildman–Crippen LogP) is 5.46. The van der Waals surface area contributed by atoms with E-state index in [2.05, 4.69) is 50.6 Å². The van der Waals surface area contributed by atoms with Gasteiger partial charge in [0.1, 0.15) is 24.5 Å². The van der Waals surface area contributed by atoms with E-state index in [1.165, 1.54) is 12.4 Å². The number of fused-ring (bicyclic) bond motifs is 2. The summed E-state index contributed by atoms with van der Waals surface area (Å²) < 4.78 is 5.85. The van der Waals surface area contributed by atoms with Crippen molar-refractivity contribution < 1.29 is 9.53 Å². The van der Waals surface area contributed by atoms with Gasteiger partial charge in [0.15, 0.2) is 5.78 Å². The number of ether oxygens (including phenoxy) is 1. The number of hydrogen-bond acceptors (Lipinski definition) is 7. The van der Waals surface area contributed by atoms with Gasteiger partial charge in [0, 0.05) is 48.3 Å². The molecule has 200 valence electrons. The van der Waals surface area contributed by atoms with E-state index in [0.717, 1.165) is 46.5 Å². The molecule has 7 nitrogen and oxygen atoms in total. The highest BCUT2D eigenvalue weighted by Crippen LogP contribution is 2.50. The Bertz CT molecular complexity index is 1650. The van der Waals surface area contributed by atoms with Gasteiger partial charge in [0.25, 0.3) is 0 Å². The molecule has 4 aromatic rings. The Morgan fingerprint density at radius 3 is 2.77 bits per heavy atom. The number of nitrogens with one attached hydrogen (secondary N) is 1. The number of carbonyl (C=O) groups is 1. The Kier molecular flexibility index (Phi) is 7.21. The molecule has 1 saturated heterocycles. The Labute approximate surface area is 238 Å². The summed E-state index contributed by atoms with van der Waals surface area (Å²) in [4.78, 5) is 28.0. The van der Waals surface area contributed by atoms with Crippen molar-refractivity contribution in [2.45, 2.75) is 13.0 Å². The van der Waals surface area contributed by atoms with Gasteiger partial charge in [-0.15, -0.1) is 0 Å². The maximum atomic E-state index is 12.4. The van der Waals surface area contributed by atoms with E-state index in [4.69, 9.17) is 16.3 Å². The fourth-order valence-corrected chi connectivity index (χ4v) is 5.59. The predicted molar refractivity (Wildman–Crippen MR) is 157 cm³/mol. The zero-order valence-corrected chi connectivity index (χ0v) is 22.9. The monoisotopic (exact) mass is 549 g/mol. The van der Waals surface area contributed by atoms with Crippen molar-refractivity contribution >= 4 is 39.8 Å². The largest absolute Gasteiger partial charge is 0.486 e. The van der Waals surface area contributed by atoms with Crippen LogP contribution in [0.25, 0.3) is 10.9 Å². The van der Waals surface area contributed by atoms with Crippen molar-refractivity contribution in [1.82, 2.24) is 19.9 Å². The lowest BCUT2D eigenvalue weighted by Crippen LogP contribution is -2.18. The molecule has 1 unspecified atom stereocenters. The summed E-state index contributed by atoms with van der Waals surface area (Å²) in [7, 11) is 2.16. The third kappa shape index (κ3) is 5.55. The number of allylic oxidation sites excluding steroid dienone is 1. The lowest BCUT2D eigenvalue weighted by atomic mass is 9.99. The van der Waals surface area contributed by atoms with Crippen LogP contribution in [0.15, 0.2) is 73.7 Å². The summed E-state index contributed by atoms with van der Waals surface area (Å²) in [6.45, 7) is 6.17. The van der Waals surface area contributed by atoms with Crippen molar-refractivity contribution in [3.8, 4) is 17.6 Å². The number of anilines is 2.